The number of ether oxygens (including phenoxy) is 2. The third-order valence-corrected chi connectivity index (χ3v) is 6.96. The van der Waals surface area contributed by atoms with Crippen molar-refractivity contribution in [2.24, 2.45) is 5.92 Å². The van der Waals surface area contributed by atoms with Gasteiger partial charge in [-0.3, -0.25) is 9.36 Å². The number of carbonyl (C=O) groups is 1. The summed E-state index contributed by atoms with van der Waals surface area (Å²) in [6, 6.07) is 13.1. The van der Waals surface area contributed by atoms with Crippen LogP contribution in [0.2, 0.25) is 0 Å². The van der Waals surface area contributed by atoms with Gasteiger partial charge in [0.25, 0.3) is 0 Å². The molecule has 0 amide bonds. The minimum absolute atomic E-state index is 0.124. The van der Waals surface area contributed by atoms with E-state index in [1.165, 1.54) is 12.1 Å². The largest absolute Gasteiger partial charge is 0.454 e. The van der Waals surface area contributed by atoms with Crippen molar-refractivity contribution < 1.29 is 23.0 Å². The summed E-state index contributed by atoms with van der Waals surface area (Å²) < 4.78 is 41.5. The summed E-state index contributed by atoms with van der Waals surface area (Å²) in [5.74, 6) is -1.27. The van der Waals surface area contributed by atoms with Crippen molar-refractivity contribution in [3.8, 4) is 17.2 Å². The van der Waals surface area contributed by atoms with Gasteiger partial charge in [0.05, 0.1) is 11.2 Å². The number of nitrogens with zero attached hydrogens (tertiary/aromatic N) is 2. The molecular formula is C30H31F2N3O3. The van der Waals surface area contributed by atoms with Gasteiger partial charge in [0.15, 0.2) is 17.3 Å². The predicted molar refractivity (Wildman–Crippen MR) is 144 cm³/mol. The van der Waals surface area contributed by atoms with Crippen LogP contribution in [0.4, 0.5) is 14.5 Å². The Balaban J connectivity index is 1.54. The van der Waals surface area contributed by atoms with Gasteiger partial charge in [-0.25, -0.2) is 9.37 Å². The second kappa shape index (κ2) is 11.3. The number of halogens is 2. The summed E-state index contributed by atoms with van der Waals surface area (Å²) in [7, 11) is 0. The van der Waals surface area contributed by atoms with E-state index < -0.39 is 11.6 Å². The van der Waals surface area contributed by atoms with E-state index in [0.29, 0.717) is 23.7 Å². The summed E-state index contributed by atoms with van der Waals surface area (Å²) in [4.78, 5) is 17.2. The smallest absolute Gasteiger partial charge is 0.201 e. The van der Waals surface area contributed by atoms with Gasteiger partial charge >= 0.3 is 0 Å². The van der Waals surface area contributed by atoms with E-state index >= 15 is 0 Å². The SMILES string of the molecule is CCCC(=O)c1ccc(-n2cnc3c(NCC4CCOCC4)cc(Oc4cccc(F)c4F)cc32)cc1C. The molecule has 4 aromatic rings. The second-order valence-corrected chi connectivity index (χ2v) is 9.72. The lowest BCUT2D eigenvalue weighted by atomic mass is 10.0. The normalized spacial score (nSPS) is 14.1. The van der Waals surface area contributed by atoms with E-state index in [4.69, 9.17) is 9.47 Å². The average Bonchev–Trinajstić information content (AvgIpc) is 3.35. The number of carbonyl (C=O) groups excluding carboxylic acids is 1. The summed E-state index contributed by atoms with van der Waals surface area (Å²) in [5, 5.41) is 3.50. The lowest BCUT2D eigenvalue weighted by molar-refractivity contribution is 0.0699. The minimum atomic E-state index is -1.04. The van der Waals surface area contributed by atoms with Gasteiger partial charge in [0.2, 0.25) is 5.82 Å². The lowest BCUT2D eigenvalue weighted by Crippen LogP contribution is -2.22. The third kappa shape index (κ3) is 5.41. The van der Waals surface area contributed by atoms with Crippen LogP contribution in [0.25, 0.3) is 16.7 Å². The van der Waals surface area contributed by atoms with Gasteiger partial charge in [0.1, 0.15) is 17.6 Å². The molecule has 0 unspecified atom stereocenters. The highest BCUT2D eigenvalue weighted by Gasteiger charge is 2.18. The molecule has 1 aliphatic heterocycles. The summed E-state index contributed by atoms with van der Waals surface area (Å²) in [5.41, 5.74) is 4.64. The van der Waals surface area contributed by atoms with E-state index in [0.717, 1.165) is 73.1 Å². The van der Waals surface area contributed by atoms with Crippen molar-refractivity contribution in [2.45, 2.75) is 39.5 Å². The highest BCUT2D eigenvalue weighted by molar-refractivity contribution is 5.98. The molecule has 0 spiro atoms. The van der Waals surface area contributed by atoms with E-state index in [-0.39, 0.29) is 11.5 Å². The van der Waals surface area contributed by atoms with Crippen LogP contribution < -0.4 is 10.1 Å². The van der Waals surface area contributed by atoms with Crippen molar-refractivity contribution in [2.75, 3.05) is 25.1 Å². The fourth-order valence-electron chi connectivity index (χ4n) is 4.86. The van der Waals surface area contributed by atoms with Crippen LogP contribution in [0.15, 0.2) is 54.9 Å². The molecule has 1 N–H and O–H groups in total. The molecule has 0 bridgehead atoms. The maximum Gasteiger partial charge on any atom is 0.201 e. The molecular weight excluding hydrogens is 488 g/mol. The van der Waals surface area contributed by atoms with Gasteiger partial charge in [-0.05, 0) is 68.0 Å². The highest BCUT2D eigenvalue weighted by atomic mass is 19.2. The van der Waals surface area contributed by atoms with Crippen LogP contribution in [0.1, 0.15) is 48.5 Å². The molecule has 1 aromatic heterocycles. The Morgan fingerprint density at radius 2 is 1.97 bits per heavy atom. The third-order valence-electron chi connectivity index (χ3n) is 6.96. The molecule has 1 aliphatic rings. The van der Waals surface area contributed by atoms with E-state index in [2.05, 4.69) is 10.3 Å². The second-order valence-electron chi connectivity index (χ2n) is 9.72. The number of aromatic nitrogens is 2. The Morgan fingerprint density at radius 1 is 1.16 bits per heavy atom. The lowest BCUT2D eigenvalue weighted by Gasteiger charge is -2.23. The molecule has 3 aromatic carbocycles. The standard InChI is InChI=1S/C30H31F2N3O3/c1-3-5-27(36)23-9-8-21(14-19(23)2)35-18-34-30-25(33-17-20-10-12-37-13-11-20)15-22(16-26(30)35)38-28-7-4-6-24(31)29(28)32/h4,6-9,14-16,18,20,33H,3,5,10-13,17H2,1-2H3. The number of Topliss-reactive ketones (excluding diaryl/α,β-unsaturated/α-hetero) is 1. The maximum absolute atomic E-state index is 14.4. The Morgan fingerprint density at radius 3 is 2.74 bits per heavy atom. The van der Waals surface area contributed by atoms with E-state index in [1.54, 1.807) is 18.5 Å². The van der Waals surface area contributed by atoms with Gasteiger partial charge in [-0.15, -0.1) is 0 Å². The Kier molecular flexibility index (Phi) is 7.69. The van der Waals surface area contributed by atoms with Gasteiger partial charge in [-0.2, -0.15) is 4.39 Å². The molecule has 38 heavy (non-hydrogen) atoms. The number of aryl methyl sites for hydroxylation is 1. The molecule has 6 nitrogen and oxygen atoms in total. The van der Waals surface area contributed by atoms with Crippen LogP contribution in [-0.2, 0) is 4.74 Å². The minimum Gasteiger partial charge on any atom is -0.454 e. The number of nitrogens with one attached hydrogen (secondary N) is 1. The molecule has 0 atom stereocenters. The van der Waals surface area contributed by atoms with Gasteiger partial charge < -0.3 is 14.8 Å². The molecule has 0 aliphatic carbocycles. The topological polar surface area (TPSA) is 65.4 Å². The number of ketones is 1. The molecule has 1 fully saturated rings. The van der Waals surface area contributed by atoms with Crippen LogP contribution in [-0.4, -0.2) is 35.1 Å². The number of hydrogen-bond donors (Lipinski definition) is 1. The van der Waals surface area contributed by atoms with Crippen molar-refractivity contribution in [1.82, 2.24) is 9.55 Å². The zero-order valence-corrected chi connectivity index (χ0v) is 21.6. The van der Waals surface area contributed by atoms with Crippen molar-refractivity contribution >= 4 is 22.5 Å². The Bertz CT molecular complexity index is 1460. The van der Waals surface area contributed by atoms with Gasteiger partial charge in [-0.1, -0.05) is 13.0 Å². The number of fused-ring (bicyclic) bond motifs is 1. The number of benzene rings is 3. The average molecular weight is 520 g/mol. The number of anilines is 1. The number of rotatable bonds is 9. The molecule has 198 valence electrons. The van der Waals surface area contributed by atoms with Crippen molar-refractivity contribution in [3.63, 3.8) is 0 Å². The molecule has 2 heterocycles. The molecule has 1 saturated heterocycles. The first-order valence-electron chi connectivity index (χ1n) is 13.0. The Hall–Kier alpha value is -3.78. The first-order valence-corrected chi connectivity index (χ1v) is 13.0. The maximum atomic E-state index is 14.4. The van der Waals surface area contributed by atoms with Crippen LogP contribution in [0.3, 0.4) is 0 Å². The Labute approximate surface area is 220 Å². The zero-order chi connectivity index (χ0) is 26.6. The van der Waals surface area contributed by atoms with Crippen molar-refractivity contribution in [3.05, 3.63) is 77.6 Å². The molecule has 0 saturated carbocycles. The predicted octanol–water partition coefficient (Wildman–Crippen LogP) is 7.23. The number of hydrogen-bond acceptors (Lipinski definition) is 5. The summed E-state index contributed by atoms with van der Waals surface area (Å²) in [6.45, 7) is 6.13. The van der Waals surface area contributed by atoms with Crippen LogP contribution in [0.5, 0.6) is 11.5 Å². The molecule has 5 rings (SSSR count). The fraction of sp³-hybridized carbons (Fsp3) is 0.333. The number of imidazole rings is 1. The first kappa shape index (κ1) is 25.9. The summed E-state index contributed by atoms with van der Waals surface area (Å²) in [6.07, 6.45) is 4.96. The fourth-order valence-corrected chi connectivity index (χ4v) is 4.86. The quantitative estimate of drug-likeness (QED) is 0.236. The van der Waals surface area contributed by atoms with E-state index in [9.17, 15) is 13.6 Å². The van der Waals surface area contributed by atoms with Crippen LogP contribution in [0, 0.1) is 24.5 Å². The first-order chi connectivity index (χ1) is 18.4. The zero-order valence-electron chi connectivity index (χ0n) is 21.6. The van der Waals surface area contributed by atoms with Gasteiger partial charge in [0, 0.05) is 49.6 Å². The highest BCUT2D eigenvalue weighted by Crippen LogP contribution is 2.34. The molecule has 8 heteroatoms. The molecule has 0 radical (unpaired) electrons. The van der Waals surface area contributed by atoms with E-state index in [1.807, 2.05) is 36.6 Å². The summed E-state index contributed by atoms with van der Waals surface area (Å²) >= 11 is 0. The van der Waals surface area contributed by atoms with Crippen molar-refractivity contribution in [1.29, 1.82) is 0 Å². The monoisotopic (exact) mass is 519 g/mol. The van der Waals surface area contributed by atoms with Crippen LogP contribution >= 0.6 is 0 Å².